The van der Waals surface area contributed by atoms with E-state index < -0.39 is 15.8 Å². The topological polar surface area (TPSA) is 57.7 Å². The predicted molar refractivity (Wildman–Crippen MR) is 107 cm³/mol. The second-order valence-corrected chi connectivity index (χ2v) is 9.53. The summed E-state index contributed by atoms with van der Waals surface area (Å²) in [5, 5.41) is 0. The molecule has 2 aliphatic rings. The zero-order chi connectivity index (χ0) is 20.2. The largest absolute Gasteiger partial charge is 0.309 e. The van der Waals surface area contributed by atoms with Crippen molar-refractivity contribution in [3.63, 3.8) is 0 Å². The van der Waals surface area contributed by atoms with E-state index in [0.717, 1.165) is 22.4 Å². The Morgan fingerprint density at radius 3 is 2.64 bits per heavy atom. The van der Waals surface area contributed by atoms with Gasteiger partial charge in [0.1, 0.15) is 5.82 Å². The van der Waals surface area contributed by atoms with Crippen molar-refractivity contribution < 1.29 is 17.6 Å². The fraction of sp³-hybridized carbons (Fsp3) is 0.381. The first kappa shape index (κ1) is 18.9. The van der Waals surface area contributed by atoms with Crippen LogP contribution in [0.2, 0.25) is 0 Å². The molecule has 0 saturated carbocycles. The van der Waals surface area contributed by atoms with Gasteiger partial charge in [-0.05, 0) is 74.1 Å². The van der Waals surface area contributed by atoms with Crippen LogP contribution in [0.15, 0.2) is 35.2 Å². The van der Waals surface area contributed by atoms with E-state index in [9.17, 15) is 17.6 Å². The monoisotopic (exact) mass is 402 g/mol. The molecule has 1 amide bonds. The maximum absolute atomic E-state index is 14.7. The number of benzene rings is 2. The molecule has 0 spiro atoms. The van der Waals surface area contributed by atoms with Crippen molar-refractivity contribution in [1.82, 2.24) is 0 Å². The average molecular weight is 402 g/mol. The lowest BCUT2D eigenvalue weighted by molar-refractivity contribution is -0.116. The highest BCUT2D eigenvalue weighted by atomic mass is 32.2. The number of hydrogen-bond acceptors (Lipinski definition) is 3. The van der Waals surface area contributed by atoms with E-state index in [2.05, 4.69) is 0 Å². The van der Waals surface area contributed by atoms with Crippen LogP contribution in [-0.4, -0.2) is 26.9 Å². The number of halogens is 1. The Balaban J connectivity index is 1.78. The lowest BCUT2D eigenvalue weighted by Gasteiger charge is -2.31. The second-order valence-electron chi connectivity index (χ2n) is 7.67. The molecule has 2 aromatic rings. The minimum atomic E-state index is -3.90. The van der Waals surface area contributed by atoms with Gasteiger partial charge < -0.3 is 4.90 Å². The number of nitrogens with zero attached hydrogens (tertiary/aromatic N) is 2. The van der Waals surface area contributed by atoms with Crippen LogP contribution < -0.4 is 9.21 Å². The Hall–Kier alpha value is -2.41. The first-order valence-electron chi connectivity index (χ1n) is 9.44. The van der Waals surface area contributed by atoms with Crippen molar-refractivity contribution in [2.24, 2.45) is 0 Å². The molecular formula is C21H23FN2O3S. The number of carbonyl (C=O) groups excluding carboxylic acids is 1. The third-order valence-corrected chi connectivity index (χ3v) is 7.33. The molecule has 0 saturated heterocycles. The molecule has 7 heteroatoms. The van der Waals surface area contributed by atoms with Crippen LogP contribution in [0.5, 0.6) is 0 Å². The van der Waals surface area contributed by atoms with Crippen LogP contribution in [0.3, 0.4) is 0 Å². The predicted octanol–water partition coefficient (Wildman–Crippen LogP) is 3.57. The van der Waals surface area contributed by atoms with Gasteiger partial charge in [0.2, 0.25) is 5.91 Å². The molecule has 0 fully saturated rings. The van der Waals surface area contributed by atoms with E-state index in [0.29, 0.717) is 19.3 Å². The van der Waals surface area contributed by atoms with Gasteiger partial charge in [-0.3, -0.25) is 9.10 Å². The molecule has 1 atom stereocenters. The molecule has 5 nitrogen and oxygen atoms in total. The van der Waals surface area contributed by atoms with E-state index in [-0.39, 0.29) is 29.1 Å². The van der Waals surface area contributed by atoms with Gasteiger partial charge in [-0.1, -0.05) is 6.07 Å². The average Bonchev–Trinajstić information content (AvgIpc) is 2.95. The molecule has 2 aliphatic heterocycles. The van der Waals surface area contributed by atoms with Gasteiger partial charge in [0.25, 0.3) is 10.0 Å². The van der Waals surface area contributed by atoms with Crippen molar-refractivity contribution in [1.29, 1.82) is 0 Å². The highest BCUT2D eigenvalue weighted by Gasteiger charge is 2.34. The maximum atomic E-state index is 14.7. The van der Waals surface area contributed by atoms with Crippen molar-refractivity contribution in [2.75, 3.05) is 15.7 Å². The van der Waals surface area contributed by atoms with E-state index in [1.54, 1.807) is 24.0 Å². The molecule has 0 radical (unpaired) electrons. The van der Waals surface area contributed by atoms with Gasteiger partial charge in [0.05, 0.1) is 10.6 Å². The highest BCUT2D eigenvalue weighted by molar-refractivity contribution is 7.92. The molecule has 2 heterocycles. The number of hydrogen-bond donors (Lipinski definition) is 0. The number of fused-ring (bicyclic) bond motifs is 2. The molecule has 4 rings (SSSR count). The first-order chi connectivity index (χ1) is 13.2. The lowest BCUT2D eigenvalue weighted by atomic mass is 10.0. The van der Waals surface area contributed by atoms with Gasteiger partial charge in [0.15, 0.2) is 0 Å². The van der Waals surface area contributed by atoms with Crippen molar-refractivity contribution >= 4 is 27.3 Å². The summed E-state index contributed by atoms with van der Waals surface area (Å²) in [4.78, 5) is 13.7. The van der Waals surface area contributed by atoms with Crippen LogP contribution >= 0.6 is 0 Å². The Kier molecular flexibility index (Phi) is 4.45. The Morgan fingerprint density at radius 2 is 1.93 bits per heavy atom. The van der Waals surface area contributed by atoms with Crippen LogP contribution in [0.25, 0.3) is 0 Å². The van der Waals surface area contributed by atoms with Crippen molar-refractivity contribution in [3.05, 3.63) is 52.8 Å². The normalized spacial score (nSPS) is 18.8. The summed E-state index contributed by atoms with van der Waals surface area (Å²) in [6, 6.07) is 8.05. The van der Waals surface area contributed by atoms with Crippen LogP contribution in [0.1, 0.15) is 37.0 Å². The molecule has 0 aromatic heterocycles. The third kappa shape index (κ3) is 2.89. The molecule has 0 bridgehead atoms. The van der Waals surface area contributed by atoms with E-state index in [1.807, 2.05) is 13.0 Å². The van der Waals surface area contributed by atoms with Crippen molar-refractivity contribution in [3.8, 4) is 0 Å². The second kappa shape index (κ2) is 6.58. The summed E-state index contributed by atoms with van der Waals surface area (Å²) >= 11 is 0. The van der Waals surface area contributed by atoms with Gasteiger partial charge >= 0.3 is 0 Å². The van der Waals surface area contributed by atoms with E-state index >= 15 is 0 Å². The number of carbonyl (C=O) groups is 1. The van der Waals surface area contributed by atoms with Crippen LogP contribution in [-0.2, 0) is 27.7 Å². The molecule has 0 aliphatic carbocycles. The zero-order valence-corrected chi connectivity index (χ0v) is 17.0. The highest BCUT2D eigenvalue weighted by Crippen LogP contribution is 2.38. The smallest absolute Gasteiger partial charge is 0.264 e. The number of amides is 1. The number of sulfonamides is 1. The number of aryl methyl sites for hydroxylation is 2. The summed E-state index contributed by atoms with van der Waals surface area (Å²) < 4.78 is 42.6. The molecule has 2 aromatic carbocycles. The summed E-state index contributed by atoms with van der Waals surface area (Å²) in [6.07, 6.45) is 1.91. The molecule has 0 N–H and O–H groups in total. The Morgan fingerprint density at radius 1 is 1.18 bits per heavy atom. The quantitative estimate of drug-likeness (QED) is 0.772. The number of anilines is 2. The summed E-state index contributed by atoms with van der Waals surface area (Å²) in [5.41, 5.74) is 3.25. The standard InChI is InChI=1S/C21H23FN2O3S/c1-13-9-16-5-4-8-23(21(16)19(22)10-13)28(26,27)18-6-7-20-17(12-18)11-14(2)24(20)15(3)25/h6-7,9-10,12,14H,4-5,8,11H2,1-3H3/t14-/m0/s1. The molecule has 148 valence electrons. The molecule has 28 heavy (non-hydrogen) atoms. The van der Waals surface area contributed by atoms with Gasteiger partial charge in [0, 0.05) is 25.2 Å². The lowest BCUT2D eigenvalue weighted by Crippen LogP contribution is -2.36. The fourth-order valence-corrected chi connectivity index (χ4v) is 6.02. The molecular weight excluding hydrogens is 379 g/mol. The van der Waals surface area contributed by atoms with Gasteiger partial charge in [-0.25, -0.2) is 12.8 Å². The van der Waals surface area contributed by atoms with Gasteiger partial charge in [-0.15, -0.1) is 0 Å². The zero-order valence-electron chi connectivity index (χ0n) is 16.2. The van der Waals surface area contributed by atoms with Crippen LogP contribution in [0.4, 0.5) is 15.8 Å². The number of rotatable bonds is 2. The van der Waals surface area contributed by atoms with Crippen molar-refractivity contribution in [2.45, 2.75) is 51.0 Å². The van der Waals surface area contributed by atoms with E-state index in [4.69, 9.17) is 0 Å². The summed E-state index contributed by atoms with van der Waals surface area (Å²) in [6.45, 7) is 5.50. The Bertz CT molecular complexity index is 1080. The fourth-order valence-electron chi connectivity index (χ4n) is 4.42. The summed E-state index contributed by atoms with van der Waals surface area (Å²) in [7, 11) is -3.90. The van der Waals surface area contributed by atoms with Gasteiger partial charge in [-0.2, -0.15) is 0 Å². The minimum Gasteiger partial charge on any atom is -0.309 e. The maximum Gasteiger partial charge on any atom is 0.264 e. The first-order valence-corrected chi connectivity index (χ1v) is 10.9. The SMILES string of the molecule is CC(=O)N1c2ccc(S(=O)(=O)N3CCCc4cc(C)cc(F)c43)cc2C[C@@H]1C. The molecule has 0 unspecified atom stereocenters. The minimum absolute atomic E-state index is 0.0124. The third-order valence-electron chi connectivity index (χ3n) is 5.54. The summed E-state index contributed by atoms with van der Waals surface area (Å²) in [5.74, 6) is -0.569. The van der Waals surface area contributed by atoms with Crippen LogP contribution in [0, 0.1) is 12.7 Å². The van der Waals surface area contributed by atoms with E-state index in [1.165, 1.54) is 23.4 Å². The Labute approximate surface area is 164 Å².